The Labute approximate surface area is 159 Å². The molecule has 6 nitrogen and oxygen atoms in total. The Morgan fingerprint density at radius 3 is 2.64 bits per heavy atom. The maximum Gasteiger partial charge on any atom is 0.252 e. The van der Waals surface area contributed by atoms with Crippen LogP contribution in [-0.4, -0.2) is 20.9 Å². The molecule has 0 unspecified atom stereocenters. The average molecular weight is 374 g/mol. The van der Waals surface area contributed by atoms with Crippen LogP contribution in [0.4, 0.5) is 4.39 Å². The van der Waals surface area contributed by atoms with Crippen LogP contribution >= 0.6 is 0 Å². The van der Waals surface area contributed by atoms with Crippen molar-refractivity contribution in [1.29, 1.82) is 0 Å². The second-order valence-corrected chi connectivity index (χ2v) is 6.18. The van der Waals surface area contributed by atoms with Gasteiger partial charge in [0.15, 0.2) is 0 Å². The number of benzene rings is 2. The largest absolute Gasteiger partial charge is 0.346 e. The Balaban J connectivity index is 1.55. The smallest absolute Gasteiger partial charge is 0.252 e. The van der Waals surface area contributed by atoms with E-state index < -0.39 is 0 Å². The van der Waals surface area contributed by atoms with Crippen LogP contribution in [0.5, 0.6) is 0 Å². The molecule has 1 amide bonds. The number of carbonyl (C=O) groups is 1. The van der Waals surface area contributed by atoms with Gasteiger partial charge in [-0.05, 0) is 36.4 Å². The fourth-order valence-corrected chi connectivity index (χ4v) is 2.93. The summed E-state index contributed by atoms with van der Waals surface area (Å²) in [7, 11) is 0. The summed E-state index contributed by atoms with van der Waals surface area (Å²) >= 11 is 0. The molecule has 7 heteroatoms. The van der Waals surface area contributed by atoms with Crippen LogP contribution in [0.1, 0.15) is 16.1 Å². The van der Waals surface area contributed by atoms with Crippen molar-refractivity contribution in [3.8, 4) is 11.3 Å². The van der Waals surface area contributed by atoms with Crippen molar-refractivity contribution >= 4 is 16.8 Å². The van der Waals surface area contributed by atoms with E-state index in [4.69, 9.17) is 0 Å². The molecule has 0 radical (unpaired) electrons. The van der Waals surface area contributed by atoms with Crippen LogP contribution in [0.3, 0.4) is 0 Å². The van der Waals surface area contributed by atoms with Crippen molar-refractivity contribution in [3.05, 3.63) is 94.4 Å². The molecule has 0 aliphatic heterocycles. The maximum absolute atomic E-state index is 13.1. The molecule has 0 saturated carbocycles. The van der Waals surface area contributed by atoms with Crippen LogP contribution in [0.25, 0.3) is 22.2 Å². The van der Waals surface area contributed by atoms with Crippen molar-refractivity contribution in [1.82, 2.24) is 20.3 Å². The van der Waals surface area contributed by atoms with Gasteiger partial charge in [0.25, 0.3) is 5.91 Å². The minimum atomic E-state index is -0.371. The normalized spacial score (nSPS) is 10.8. The summed E-state index contributed by atoms with van der Waals surface area (Å²) in [5.41, 5.74) is 2.52. The highest BCUT2D eigenvalue weighted by molar-refractivity contribution is 6.05. The zero-order valence-corrected chi connectivity index (χ0v) is 14.6. The zero-order valence-electron chi connectivity index (χ0n) is 14.6. The van der Waals surface area contributed by atoms with Gasteiger partial charge in [-0.2, -0.15) is 0 Å². The number of fused-ring (bicyclic) bond motifs is 1. The predicted molar refractivity (Wildman–Crippen MR) is 103 cm³/mol. The number of pyridine rings is 1. The van der Waals surface area contributed by atoms with Gasteiger partial charge in [0.1, 0.15) is 12.1 Å². The SMILES string of the molecule is O=C(NCc1cc(-c2ccc(F)cc2)ncn1)c1cc(=O)[nH]c2ccccc12. The van der Waals surface area contributed by atoms with Gasteiger partial charge in [-0.3, -0.25) is 9.59 Å². The number of carbonyl (C=O) groups excluding carboxylic acids is 1. The number of amides is 1. The molecule has 0 fully saturated rings. The van der Waals surface area contributed by atoms with E-state index in [0.29, 0.717) is 27.9 Å². The summed E-state index contributed by atoms with van der Waals surface area (Å²) in [6.45, 7) is 0.163. The van der Waals surface area contributed by atoms with Gasteiger partial charge >= 0.3 is 0 Å². The Morgan fingerprint density at radius 1 is 1.04 bits per heavy atom. The van der Waals surface area contributed by atoms with Crippen molar-refractivity contribution in [3.63, 3.8) is 0 Å². The highest BCUT2D eigenvalue weighted by Crippen LogP contribution is 2.18. The van der Waals surface area contributed by atoms with Crippen molar-refractivity contribution < 1.29 is 9.18 Å². The topological polar surface area (TPSA) is 87.7 Å². The number of hydrogen-bond donors (Lipinski definition) is 2. The molecule has 2 aromatic carbocycles. The molecule has 0 aliphatic carbocycles. The lowest BCUT2D eigenvalue weighted by Crippen LogP contribution is -2.25. The van der Waals surface area contributed by atoms with Crippen molar-refractivity contribution in [2.45, 2.75) is 6.54 Å². The van der Waals surface area contributed by atoms with E-state index >= 15 is 0 Å². The fourth-order valence-electron chi connectivity index (χ4n) is 2.93. The number of para-hydroxylation sites is 1. The van der Waals surface area contributed by atoms with Crippen LogP contribution in [-0.2, 0) is 6.54 Å². The number of nitrogens with zero attached hydrogens (tertiary/aromatic N) is 2. The minimum absolute atomic E-state index is 0.163. The molecule has 4 rings (SSSR count). The molecule has 2 heterocycles. The van der Waals surface area contributed by atoms with E-state index in [0.717, 1.165) is 5.56 Å². The van der Waals surface area contributed by atoms with E-state index in [9.17, 15) is 14.0 Å². The Kier molecular flexibility index (Phi) is 4.63. The standard InChI is InChI=1S/C21H15FN4O2/c22-14-7-5-13(6-8-14)19-9-15(24-12-25-19)11-23-21(28)17-10-20(27)26-18-4-2-1-3-16(17)18/h1-10,12H,11H2,(H,23,28)(H,26,27). The average Bonchev–Trinajstić information content (AvgIpc) is 2.72. The molecule has 0 spiro atoms. The predicted octanol–water partition coefficient (Wildman–Crippen LogP) is 3.05. The number of aromatic amines is 1. The third-order valence-electron chi connectivity index (χ3n) is 4.29. The second kappa shape index (κ2) is 7.40. The van der Waals surface area contributed by atoms with Crippen LogP contribution in [0.2, 0.25) is 0 Å². The van der Waals surface area contributed by atoms with Gasteiger partial charge in [0.2, 0.25) is 5.56 Å². The third kappa shape index (κ3) is 3.64. The van der Waals surface area contributed by atoms with E-state index in [2.05, 4.69) is 20.3 Å². The number of aromatic nitrogens is 3. The third-order valence-corrected chi connectivity index (χ3v) is 4.29. The monoisotopic (exact) mass is 374 g/mol. The van der Waals surface area contributed by atoms with Crippen molar-refractivity contribution in [2.24, 2.45) is 0 Å². The fraction of sp³-hybridized carbons (Fsp3) is 0.0476. The first-order valence-corrected chi connectivity index (χ1v) is 8.57. The molecule has 0 aliphatic rings. The quantitative estimate of drug-likeness (QED) is 0.575. The summed E-state index contributed by atoms with van der Waals surface area (Å²) < 4.78 is 13.1. The first-order chi connectivity index (χ1) is 13.6. The summed E-state index contributed by atoms with van der Waals surface area (Å²) in [4.78, 5) is 35.5. The van der Waals surface area contributed by atoms with E-state index in [1.165, 1.54) is 24.5 Å². The van der Waals surface area contributed by atoms with Gasteiger partial charge < -0.3 is 10.3 Å². The van der Waals surface area contributed by atoms with E-state index in [1.807, 2.05) is 0 Å². The van der Waals surface area contributed by atoms with Gasteiger partial charge in [-0.1, -0.05) is 18.2 Å². The maximum atomic E-state index is 13.1. The number of nitrogens with one attached hydrogen (secondary N) is 2. The van der Waals surface area contributed by atoms with Gasteiger partial charge in [-0.25, -0.2) is 14.4 Å². The molecular weight excluding hydrogens is 359 g/mol. The lowest BCUT2D eigenvalue weighted by molar-refractivity contribution is 0.0952. The highest BCUT2D eigenvalue weighted by Gasteiger charge is 2.12. The first-order valence-electron chi connectivity index (χ1n) is 8.57. The minimum Gasteiger partial charge on any atom is -0.346 e. The number of H-pyrrole nitrogens is 1. The first kappa shape index (κ1) is 17.5. The van der Waals surface area contributed by atoms with Crippen molar-refractivity contribution in [2.75, 3.05) is 0 Å². The Hall–Kier alpha value is -3.87. The van der Waals surface area contributed by atoms with Crippen LogP contribution in [0, 0.1) is 5.82 Å². The molecule has 0 bridgehead atoms. The molecular formula is C21H15FN4O2. The number of rotatable bonds is 4. The zero-order chi connectivity index (χ0) is 19.5. The number of hydrogen-bond acceptors (Lipinski definition) is 4. The molecule has 138 valence electrons. The van der Waals surface area contributed by atoms with Crippen LogP contribution < -0.4 is 10.9 Å². The Morgan fingerprint density at radius 2 is 1.82 bits per heavy atom. The second-order valence-electron chi connectivity index (χ2n) is 6.18. The molecule has 28 heavy (non-hydrogen) atoms. The molecule has 2 N–H and O–H groups in total. The summed E-state index contributed by atoms with van der Waals surface area (Å²) in [6, 6.07) is 16.1. The molecule has 0 atom stereocenters. The lowest BCUT2D eigenvalue weighted by atomic mass is 10.1. The summed E-state index contributed by atoms with van der Waals surface area (Å²) in [5.74, 6) is -0.695. The lowest BCUT2D eigenvalue weighted by Gasteiger charge is -2.08. The number of halogens is 1. The Bertz CT molecular complexity index is 1220. The summed E-state index contributed by atoms with van der Waals surface area (Å²) in [6.07, 6.45) is 1.39. The van der Waals surface area contributed by atoms with Crippen LogP contribution in [0.15, 0.2) is 71.8 Å². The van der Waals surface area contributed by atoms with Gasteiger partial charge in [0.05, 0.1) is 23.5 Å². The highest BCUT2D eigenvalue weighted by atomic mass is 19.1. The molecule has 4 aromatic rings. The summed E-state index contributed by atoms with van der Waals surface area (Å²) in [5, 5.41) is 3.44. The van der Waals surface area contributed by atoms with E-state index in [1.54, 1.807) is 42.5 Å². The van der Waals surface area contributed by atoms with Gasteiger partial charge in [-0.15, -0.1) is 0 Å². The molecule has 0 saturated heterocycles. The van der Waals surface area contributed by atoms with Gasteiger partial charge in [0, 0.05) is 22.5 Å². The molecule has 2 aromatic heterocycles. The van der Waals surface area contributed by atoms with E-state index in [-0.39, 0.29) is 23.8 Å².